The summed E-state index contributed by atoms with van der Waals surface area (Å²) >= 11 is 0. The van der Waals surface area contributed by atoms with Gasteiger partial charge in [-0.15, -0.1) is 0 Å². The molecule has 1 atom stereocenters. The lowest BCUT2D eigenvalue weighted by Crippen LogP contribution is -2.34. The van der Waals surface area contributed by atoms with Gasteiger partial charge < -0.3 is 9.64 Å². The van der Waals surface area contributed by atoms with Gasteiger partial charge >= 0.3 is 0 Å². The molecule has 3 aromatic rings. The van der Waals surface area contributed by atoms with Crippen molar-refractivity contribution in [1.82, 2.24) is 14.9 Å². The second-order valence-corrected chi connectivity index (χ2v) is 6.98. The second-order valence-electron chi connectivity index (χ2n) is 6.98. The number of hydrogen-bond acceptors (Lipinski definition) is 4. The van der Waals surface area contributed by atoms with E-state index < -0.39 is 0 Å². The van der Waals surface area contributed by atoms with Gasteiger partial charge in [-0.2, -0.15) is 0 Å². The normalized spacial score (nSPS) is 17.5. The van der Waals surface area contributed by atoms with Crippen LogP contribution < -0.4 is 4.74 Å². The van der Waals surface area contributed by atoms with Gasteiger partial charge in [0.1, 0.15) is 5.75 Å². The third kappa shape index (κ3) is 3.77. The van der Waals surface area contributed by atoms with Crippen LogP contribution in [0.1, 0.15) is 41.1 Å². The number of carbonyl (C=O) groups is 1. The van der Waals surface area contributed by atoms with Crippen LogP contribution in [0.3, 0.4) is 0 Å². The molecule has 1 aliphatic rings. The molecule has 0 spiro atoms. The van der Waals surface area contributed by atoms with E-state index in [9.17, 15) is 4.79 Å². The van der Waals surface area contributed by atoms with E-state index in [0.717, 1.165) is 49.1 Å². The molecule has 0 N–H and O–H groups in total. The van der Waals surface area contributed by atoms with Crippen molar-refractivity contribution in [3.05, 3.63) is 66.0 Å². The molecule has 2 aromatic carbocycles. The highest BCUT2D eigenvalue weighted by Gasteiger charge is 2.24. The Morgan fingerprint density at radius 1 is 1.04 bits per heavy atom. The summed E-state index contributed by atoms with van der Waals surface area (Å²) in [6.45, 7) is 1.54. The Labute approximate surface area is 159 Å². The number of fused-ring (bicyclic) bond motifs is 1. The van der Waals surface area contributed by atoms with Gasteiger partial charge in [0, 0.05) is 37.0 Å². The van der Waals surface area contributed by atoms with Gasteiger partial charge in [0.15, 0.2) is 0 Å². The molecule has 0 radical (unpaired) electrons. The zero-order valence-corrected chi connectivity index (χ0v) is 15.5. The quantitative estimate of drug-likeness (QED) is 0.706. The van der Waals surface area contributed by atoms with E-state index in [1.807, 2.05) is 35.2 Å². The van der Waals surface area contributed by atoms with E-state index in [4.69, 9.17) is 4.74 Å². The number of ether oxygens (including phenoxy) is 1. The minimum atomic E-state index is 0.0722. The highest BCUT2D eigenvalue weighted by Crippen LogP contribution is 2.28. The molecule has 27 heavy (non-hydrogen) atoms. The van der Waals surface area contributed by atoms with Crippen molar-refractivity contribution >= 4 is 16.9 Å². The predicted molar refractivity (Wildman–Crippen MR) is 105 cm³/mol. The smallest absolute Gasteiger partial charge is 0.253 e. The topological polar surface area (TPSA) is 55.3 Å². The van der Waals surface area contributed by atoms with Crippen LogP contribution in [0, 0.1) is 0 Å². The summed E-state index contributed by atoms with van der Waals surface area (Å²) in [5.41, 5.74) is 3.50. The first kappa shape index (κ1) is 17.5. The predicted octanol–water partition coefficient (Wildman–Crippen LogP) is 4.05. The number of methoxy groups -OCH3 is 1. The van der Waals surface area contributed by atoms with Gasteiger partial charge in [-0.05, 0) is 48.7 Å². The van der Waals surface area contributed by atoms with Gasteiger partial charge in [-0.25, -0.2) is 0 Å². The second kappa shape index (κ2) is 7.74. The summed E-state index contributed by atoms with van der Waals surface area (Å²) < 4.78 is 5.26. The van der Waals surface area contributed by atoms with E-state index in [-0.39, 0.29) is 5.91 Å². The molecule has 1 amide bonds. The van der Waals surface area contributed by atoms with E-state index in [0.29, 0.717) is 11.5 Å². The van der Waals surface area contributed by atoms with Gasteiger partial charge in [-0.1, -0.05) is 18.6 Å². The first-order chi connectivity index (χ1) is 13.2. The number of nitrogens with zero attached hydrogens (tertiary/aromatic N) is 3. The molecule has 0 aliphatic carbocycles. The summed E-state index contributed by atoms with van der Waals surface area (Å²) in [7, 11) is 1.68. The lowest BCUT2D eigenvalue weighted by atomic mass is 9.94. The molecule has 1 aliphatic heterocycles. The lowest BCUT2D eigenvalue weighted by molar-refractivity contribution is 0.0754. The van der Waals surface area contributed by atoms with Crippen LogP contribution in [0.4, 0.5) is 0 Å². The SMILES string of the molecule is COc1ccc([C@H]2CCCCN(C(=O)c3ccc4nccnc4c3)C2)cc1. The number of benzene rings is 2. The number of amides is 1. The Bertz CT molecular complexity index is 940. The van der Waals surface area contributed by atoms with Crippen LogP contribution in [0.25, 0.3) is 11.0 Å². The molecule has 1 saturated heterocycles. The number of likely N-dealkylation sites (tertiary alicyclic amines) is 1. The van der Waals surface area contributed by atoms with Crippen molar-refractivity contribution in [2.24, 2.45) is 0 Å². The fourth-order valence-electron chi connectivity index (χ4n) is 3.75. The fourth-order valence-corrected chi connectivity index (χ4v) is 3.75. The van der Waals surface area contributed by atoms with E-state index in [2.05, 4.69) is 22.1 Å². The molecule has 0 bridgehead atoms. The minimum Gasteiger partial charge on any atom is -0.497 e. The van der Waals surface area contributed by atoms with Crippen molar-refractivity contribution in [3.63, 3.8) is 0 Å². The molecule has 0 saturated carbocycles. The zero-order valence-electron chi connectivity index (χ0n) is 15.5. The maximum absolute atomic E-state index is 13.1. The summed E-state index contributed by atoms with van der Waals surface area (Å²) in [6.07, 6.45) is 6.58. The molecule has 5 nitrogen and oxygen atoms in total. The molecule has 4 rings (SSSR count). The van der Waals surface area contributed by atoms with Crippen molar-refractivity contribution in [1.29, 1.82) is 0 Å². The summed E-state index contributed by atoms with van der Waals surface area (Å²) in [6, 6.07) is 13.8. The van der Waals surface area contributed by atoms with Crippen molar-refractivity contribution in [2.45, 2.75) is 25.2 Å². The monoisotopic (exact) mass is 361 g/mol. The Hall–Kier alpha value is -2.95. The van der Waals surface area contributed by atoms with E-state index in [1.165, 1.54) is 5.56 Å². The zero-order chi connectivity index (χ0) is 18.6. The third-order valence-electron chi connectivity index (χ3n) is 5.26. The first-order valence-electron chi connectivity index (χ1n) is 9.38. The van der Waals surface area contributed by atoms with Crippen LogP contribution in [0.2, 0.25) is 0 Å². The number of aromatic nitrogens is 2. The van der Waals surface area contributed by atoms with Crippen LogP contribution in [0.5, 0.6) is 5.75 Å². The Kier molecular flexibility index (Phi) is 5.01. The first-order valence-corrected chi connectivity index (χ1v) is 9.38. The summed E-state index contributed by atoms with van der Waals surface area (Å²) in [5.74, 6) is 1.28. The Morgan fingerprint density at radius 2 is 1.81 bits per heavy atom. The lowest BCUT2D eigenvalue weighted by Gasteiger charge is -2.25. The molecule has 0 unspecified atom stereocenters. The van der Waals surface area contributed by atoms with Gasteiger partial charge in [0.05, 0.1) is 18.1 Å². The van der Waals surface area contributed by atoms with Crippen molar-refractivity contribution in [3.8, 4) is 5.75 Å². The van der Waals surface area contributed by atoms with Gasteiger partial charge in [0.25, 0.3) is 5.91 Å². The molecule has 2 heterocycles. The molecular weight excluding hydrogens is 338 g/mol. The maximum Gasteiger partial charge on any atom is 0.253 e. The van der Waals surface area contributed by atoms with E-state index in [1.54, 1.807) is 19.5 Å². The third-order valence-corrected chi connectivity index (χ3v) is 5.26. The van der Waals surface area contributed by atoms with Crippen LogP contribution in [-0.2, 0) is 0 Å². The van der Waals surface area contributed by atoms with Crippen molar-refractivity contribution < 1.29 is 9.53 Å². The van der Waals surface area contributed by atoms with Gasteiger partial charge in [0.2, 0.25) is 0 Å². The van der Waals surface area contributed by atoms with E-state index >= 15 is 0 Å². The fraction of sp³-hybridized carbons (Fsp3) is 0.318. The average molecular weight is 361 g/mol. The maximum atomic E-state index is 13.1. The average Bonchev–Trinajstić information content (AvgIpc) is 2.99. The molecule has 5 heteroatoms. The largest absolute Gasteiger partial charge is 0.497 e. The van der Waals surface area contributed by atoms with Gasteiger partial charge in [-0.3, -0.25) is 14.8 Å². The molecule has 1 fully saturated rings. The highest BCUT2D eigenvalue weighted by atomic mass is 16.5. The minimum absolute atomic E-state index is 0.0722. The Balaban J connectivity index is 1.56. The highest BCUT2D eigenvalue weighted by molar-refractivity contribution is 5.97. The Morgan fingerprint density at radius 3 is 2.59 bits per heavy atom. The molecule has 138 valence electrons. The number of carbonyl (C=O) groups excluding carboxylic acids is 1. The number of rotatable bonds is 3. The van der Waals surface area contributed by atoms with Crippen LogP contribution in [0.15, 0.2) is 54.9 Å². The summed E-state index contributed by atoms with van der Waals surface area (Å²) in [4.78, 5) is 23.7. The number of hydrogen-bond donors (Lipinski definition) is 0. The van der Waals surface area contributed by atoms with Crippen LogP contribution in [-0.4, -0.2) is 41.0 Å². The van der Waals surface area contributed by atoms with Crippen molar-refractivity contribution in [2.75, 3.05) is 20.2 Å². The standard InChI is InChI=1S/C22H23N3O2/c1-27-19-8-5-16(6-9-19)18-4-2-3-13-25(15-18)22(26)17-7-10-20-21(14-17)24-12-11-23-20/h5-12,14,18H,2-4,13,15H2,1H3/t18-/m0/s1. The molecular formula is C22H23N3O2. The van der Waals surface area contributed by atoms with Crippen LogP contribution >= 0.6 is 0 Å². The molecule has 1 aromatic heterocycles. The summed E-state index contributed by atoms with van der Waals surface area (Å²) in [5, 5.41) is 0.